The van der Waals surface area contributed by atoms with Crippen LogP contribution in [0.15, 0.2) is 42.5 Å². The van der Waals surface area contributed by atoms with Crippen LogP contribution in [0, 0.1) is 0 Å². The zero-order valence-corrected chi connectivity index (χ0v) is 12.4. The van der Waals surface area contributed by atoms with Gasteiger partial charge in [0.15, 0.2) is 0 Å². The number of carbonyl (C=O) groups is 1. The second kappa shape index (κ2) is 6.07. The molecule has 2 aromatic rings. The lowest BCUT2D eigenvalue weighted by atomic mass is 9.88. The van der Waals surface area contributed by atoms with Gasteiger partial charge < -0.3 is 5.32 Å². The first-order valence-corrected chi connectivity index (χ1v) is 7.54. The van der Waals surface area contributed by atoms with Gasteiger partial charge in [-0.15, -0.1) is 0 Å². The summed E-state index contributed by atoms with van der Waals surface area (Å²) in [5.74, 6) is -0.275. The van der Waals surface area contributed by atoms with Crippen LogP contribution in [-0.2, 0) is 19.0 Å². The molecule has 1 aliphatic rings. The van der Waals surface area contributed by atoms with Crippen LogP contribution in [0.3, 0.4) is 0 Å². The van der Waals surface area contributed by atoms with Crippen LogP contribution in [0.25, 0.3) is 0 Å². The van der Waals surface area contributed by atoms with Gasteiger partial charge in [0.1, 0.15) is 0 Å². The van der Waals surface area contributed by atoms with E-state index in [0.29, 0.717) is 11.3 Å². The van der Waals surface area contributed by atoms with E-state index < -0.39 is 11.7 Å². The number of aryl methyl sites for hydroxylation is 1. The zero-order chi connectivity index (χ0) is 16.4. The van der Waals surface area contributed by atoms with Crippen LogP contribution in [-0.4, -0.2) is 5.91 Å². The van der Waals surface area contributed by atoms with Crippen molar-refractivity contribution in [3.8, 4) is 0 Å². The van der Waals surface area contributed by atoms with Crippen LogP contribution >= 0.6 is 0 Å². The summed E-state index contributed by atoms with van der Waals surface area (Å²) in [4.78, 5) is 12.4. The van der Waals surface area contributed by atoms with E-state index in [-0.39, 0.29) is 5.91 Å². The molecule has 0 fully saturated rings. The zero-order valence-electron chi connectivity index (χ0n) is 12.4. The number of alkyl halides is 3. The summed E-state index contributed by atoms with van der Waals surface area (Å²) < 4.78 is 37.6. The molecule has 0 heterocycles. The van der Waals surface area contributed by atoms with Crippen LogP contribution in [0.1, 0.15) is 39.9 Å². The number of halogens is 3. The van der Waals surface area contributed by atoms with Crippen molar-refractivity contribution < 1.29 is 18.0 Å². The normalized spacial score (nSPS) is 14.2. The highest BCUT2D eigenvalue weighted by Crippen LogP contribution is 2.30. The van der Waals surface area contributed by atoms with Gasteiger partial charge in [0.05, 0.1) is 5.56 Å². The molecule has 120 valence electrons. The molecular weight excluding hydrogens is 303 g/mol. The minimum absolute atomic E-state index is 0.275. The number of hydrogen-bond acceptors (Lipinski definition) is 1. The third kappa shape index (κ3) is 3.38. The van der Waals surface area contributed by atoms with Crippen LogP contribution in [0.2, 0.25) is 0 Å². The van der Waals surface area contributed by atoms with Crippen molar-refractivity contribution in [2.75, 3.05) is 5.32 Å². The Morgan fingerprint density at radius 2 is 1.65 bits per heavy atom. The average Bonchev–Trinajstić information content (AvgIpc) is 2.54. The molecule has 2 nitrogen and oxygen atoms in total. The van der Waals surface area contributed by atoms with Gasteiger partial charge in [0, 0.05) is 11.3 Å². The fourth-order valence-corrected chi connectivity index (χ4v) is 2.94. The van der Waals surface area contributed by atoms with Crippen LogP contribution < -0.4 is 5.32 Å². The van der Waals surface area contributed by atoms with Gasteiger partial charge in [-0.1, -0.05) is 12.1 Å². The van der Waals surface area contributed by atoms with E-state index in [1.165, 1.54) is 17.7 Å². The maximum Gasteiger partial charge on any atom is 0.416 e. The molecular formula is C18H16F3NO. The fraction of sp³-hybridized carbons (Fsp3) is 0.278. The van der Waals surface area contributed by atoms with E-state index in [2.05, 4.69) is 5.32 Å². The standard InChI is InChI=1S/C18H16F3NO/c19-18(20,21)13-8-10-14(11-9-13)22-17(23)16-7-3-5-12-4-1-2-6-15(12)16/h3,5,7-11H,1-2,4,6H2,(H,22,23). The molecule has 2 aromatic carbocycles. The van der Waals surface area contributed by atoms with E-state index >= 15 is 0 Å². The van der Waals surface area contributed by atoms with Gasteiger partial charge in [-0.05, 0) is 67.1 Å². The summed E-state index contributed by atoms with van der Waals surface area (Å²) >= 11 is 0. The molecule has 0 aromatic heterocycles. The molecule has 0 saturated heterocycles. The third-order valence-electron chi connectivity index (χ3n) is 4.11. The maximum absolute atomic E-state index is 12.5. The Labute approximate surface area is 132 Å². The van der Waals surface area contributed by atoms with E-state index in [4.69, 9.17) is 0 Å². The summed E-state index contributed by atoms with van der Waals surface area (Å²) in [5.41, 5.74) is 2.49. The first-order valence-electron chi connectivity index (χ1n) is 7.54. The lowest BCUT2D eigenvalue weighted by Crippen LogP contribution is -2.17. The van der Waals surface area contributed by atoms with Crippen molar-refractivity contribution in [3.05, 3.63) is 64.7 Å². The first-order chi connectivity index (χ1) is 10.9. The Balaban J connectivity index is 1.80. The fourth-order valence-electron chi connectivity index (χ4n) is 2.94. The lowest BCUT2D eigenvalue weighted by molar-refractivity contribution is -0.137. The summed E-state index contributed by atoms with van der Waals surface area (Å²) in [5, 5.41) is 2.68. The number of carbonyl (C=O) groups excluding carboxylic acids is 1. The third-order valence-corrected chi connectivity index (χ3v) is 4.11. The number of nitrogens with one attached hydrogen (secondary N) is 1. The van der Waals surface area contributed by atoms with Crippen molar-refractivity contribution in [1.29, 1.82) is 0 Å². The van der Waals surface area contributed by atoms with Gasteiger partial charge in [0.2, 0.25) is 0 Å². The summed E-state index contributed by atoms with van der Waals surface area (Å²) in [6.07, 6.45) is -0.363. The molecule has 0 atom stereocenters. The second-order valence-corrected chi connectivity index (χ2v) is 5.68. The Bertz CT molecular complexity index is 720. The largest absolute Gasteiger partial charge is 0.416 e. The minimum Gasteiger partial charge on any atom is -0.322 e. The molecule has 0 spiro atoms. The van der Waals surface area contributed by atoms with E-state index in [1.54, 1.807) is 6.07 Å². The molecule has 1 amide bonds. The molecule has 0 unspecified atom stereocenters. The number of fused-ring (bicyclic) bond motifs is 1. The summed E-state index contributed by atoms with van der Waals surface area (Å²) in [6.45, 7) is 0. The van der Waals surface area contributed by atoms with Crippen molar-refractivity contribution in [2.45, 2.75) is 31.9 Å². The molecule has 1 aliphatic carbocycles. The van der Waals surface area contributed by atoms with Gasteiger partial charge in [-0.2, -0.15) is 13.2 Å². The lowest BCUT2D eigenvalue weighted by Gasteiger charge is -2.19. The number of amides is 1. The van der Waals surface area contributed by atoms with Gasteiger partial charge in [-0.3, -0.25) is 4.79 Å². The smallest absolute Gasteiger partial charge is 0.322 e. The number of hydrogen-bond donors (Lipinski definition) is 1. The first kappa shape index (κ1) is 15.6. The number of rotatable bonds is 2. The predicted octanol–water partition coefficient (Wildman–Crippen LogP) is 4.84. The number of anilines is 1. The Morgan fingerprint density at radius 1 is 0.957 bits per heavy atom. The molecule has 0 saturated carbocycles. The highest BCUT2D eigenvalue weighted by molar-refractivity contribution is 6.05. The van der Waals surface area contributed by atoms with Crippen molar-refractivity contribution in [1.82, 2.24) is 0 Å². The molecule has 23 heavy (non-hydrogen) atoms. The topological polar surface area (TPSA) is 29.1 Å². The summed E-state index contributed by atoms with van der Waals surface area (Å²) in [6, 6.07) is 10.1. The summed E-state index contributed by atoms with van der Waals surface area (Å²) in [7, 11) is 0. The van der Waals surface area contributed by atoms with Crippen molar-refractivity contribution in [3.63, 3.8) is 0 Å². The SMILES string of the molecule is O=C(Nc1ccc(C(F)(F)F)cc1)c1cccc2c1CCCC2. The Kier molecular flexibility index (Phi) is 4.11. The number of benzene rings is 2. The van der Waals surface area contributed by atoms with Crippen LogP contribution in [0.5, 0.6) is 0 Å². The highest BCUT2D eigenvalue weighted by Gasteiger charge is 2.30. The van der Waals surface area contributed by atoms with E-state index in [0.717, 1.165) is 43.4 Å². The predicted molar refractivity (Wildman–Crippen MR) is 82.5 cm³/mol. The molecule has 1 N–H and O–H groups in total. The molecule has 5 heteroatoms. The van der Waals surface area contributed by atoms with Gasteiger partial charge in [-0.25, -0.2) is 0 Å². The van der Waals surface area contributed by atoms with Crippen molar-refractivity contribution in [2.24, 2.45) is 0 Å². The second-order valence-electron chi connectivity index (χ2n) is 5.68. The van der Waals surface area contributed by atoms with Gasteiger partial charge in [0.25, 0.3) is 5.91 Å². The van der Waals surface area contributed by atoms with E-state index in [9.17, 15) is 18.0 Å². The van der Waals surface area contributed by atoms with Crippen molar-refractivity contribution >= 4 is 11.6 Å². The Hall–Kier alpha value is -2.30. The quantitative estimate of drug-likeness (QED) is 0.843. The van der Waals surface area contributed by atoms with Crippen LogP contribution in [0.4, 0.5) is 18.9 Å². The monoisotopic (exact) mass is 319 g/mol. The molecule has 0 bridgehead atoms. The molecule has 0 aliphatic heterocycles. The average molecular weight is 319 g/mol. The highest BCUT2D eigenvalue weighted by atomic mass is 19.4. The maximum atomic E-state index is 12.5. The molecule has 0 radical (unpaired) electrons. The van der Waals surface area contributed by atoms with E-state index in [1.807, 2.05) is 12.1 Å². The minimum atomic E-state index is -4.37. The molecule has 3 rings (SSSR count). The van der Waals surface area contributed by atoms with Gasteiger partial charge >= 0.3 is 6.18 Å². The Morgan fingerprint density at radius 3 is 2.35 bits per heavy atom.